The van der Waals surface area contributed by atoms with Crippen molar-refractivity contribution in [2.24, 2.45) is 0 Å². The molecule has 1 saturated heterocycles. The van der Waals surface area contributed by atoms with Crippen molar-refractivity contribution < 1.29 is 17.6 Å². The van der Waals surface area contributed by atoms with Gasteiger partial charge in [-0.25, -0.2) is 17.6 Å². The first kappa shape index (κ1) is 7.78. The molecule has 1 rings (SSSR count). The summed E-state index contributed by atoms with van der Waals surface area (Å²) in [6, 6.07) is -1.87. The van der Waals surface area contributed by atoms with Crippen molar-refractivity contribution >= 4 is 0 Å². The Morgan fingerprint density at radius 2 is 2.00 bits per heavy atom. The average Bonchev–Trinajstić information content (AvgIpc) is 1.58. The van der Waals surface area contributed by atoms with E-state index in [9.17, 15) is 17.6 Å². The fourth-order valence-electron chi connectivity index (χ4n) is 1.11. The third kappa shape index (κ3) is 0.982. The van der Waals surface area contributed by atoms with Crippen LogP contribution >= 0.6 is 0 Å². The normalized spacial score (nSPS) is 32.4. The van der Waals surface area contributed by atoms with Gasteiger partial charge in [-0.1, -0.05) is 0 Å². The van der Waals surface area contributed by atoms with Crippen LogP contribution in [0.25, 0.3) is 0 Å². The quantitative estimate of drug-likeness (QED) is 0.517. The van der Waals surface area contributed by atoms with Crippen LogP contribution in [0.1, 0.15) is 0 Å². The predicted molar refractivity (Wildman–Crippen MR) is 27.4 cm³/mol. The summed E-state index contributed by atoms with van der Waals surface area (Å²) in [5.41, 5.74) is 0. The monoisotopic (exact) mass is 157 g/mol. The fourth-order valence-corrected chi connectivity index (χ4v) is 1.11. The van der Waals surface area contributed by atoms with Gasteiger partial charge < -0.3 is 0 Å². The second-order valence-electron chi connectivity index (χ2n) is 2.46. The summed E-state index contributed by atoms with van der Waals surface area (Å²) >= 11 is 0. The molecule has 1 fully saturated rings. The molecule has 0 N–H and O–H groups in total. The van der Waals surface area contributed by atoms with Crippen molar-refractivity contribution in [3.8, 4) is 0 Å². The summed E-state index contributed by atoms with van der Waals surface area (Å²) in [6.45, 7) is -0.554. The molecular formula is C5H7F4N. The van der Waals surface area contributed by atoms with Crippen molar-refractivity contribution in [1.82, 2.24) is 4.90 Å². The topological polar surface area (TPSA) is 3.24 Å². The molecule has 1 unspecified atom stereocenters. The minimum atomic E-state index is -3.19. The first-order valence-corrected chi connectivity index (χ1v) is 2.81. The highest BCUT2D eigenvalue weighted by Gasteiger charge is 2.57. The number of nitrogens with zero attached hydrogens (tertiary/aromatic N) is 1. The summed E-state index contributed by atoms with van der Waals surface area (Å²) < 4.78 is 47.8. The third-order valence-corrected chi connectivity index (χ3v) is 1.61. The molecule has 1 aliphatic rings. The van der Waals surface area contributed by atoms with Gasteiger partial charge in [-0.05, 0) is 7.05 Å². The molecule has 0 bridgehead atoms. The highest BCUT2D eigenvalue weighted by atomic mass is 19.3. The molecule has 0 spiro atoms. The predicted octanol–water partition coefficient (Wildman–Crippen LogP) is 1.20. The van der Waals surface area contributed by atoms with E-state index in [1.54, 1.807) is 0 Å². The Labute approximate surface area is 55.6 Å². The average molecular weight is 157 g/mol. The maximum Gasteiger partial charge on any atom is 0.281 e. The lowest BCUT2D eigenvalue weighted by Gasteiger charge is -2.44. The van der Waals surface area contributed by atoms with Gasteiger partial charge in [0.15, 0.2) is 0 Å². The summed E-state index contributed by atoms with van der Waals surface area (Å²) in [5.74, 6) is -3.19. The van der Waals surface area contributed by atoms with E-state index < -0.39 is 24.9 Å². The summed E-state index contributed by atoms with van der Waals surface area (Å²) in [5, 5.41) is 0. The van der Waals surface area contributed by atoms with Crippen LogP contribution in [0, 0.1) is 0 Å². The lowest BCUT2D eigenvalue weighted by atomic mass is 10.0. The molecule has 0 saturated carbocycles. The van der Waals surface area contributed by atoms with Gasteiger partial charge in [-0.15, -0.1) is 0 Å². The van der Waals surface area contributed by atoms with E-state index in [0.717, 1.165) is 4.90 Å². The van der Waals surface area contributed by atoms with E-state index in [2.05, 4.69) is 0 Å². The van der Waals surface area contributed by atoms with Crippen LogP contribution in [0.2, 0.25) is 0 Å². The van der Waals surface area contributed by atoms with Crippen molar-refractivity contribution in [2.45, 2.75) is 18.4 Å². The zero-order chi connectivity index (χ0) is 7.94. The molecule has 0 aromatic heterocycles. The molecule has 0 amide bonds. The SMILES string of the molecule is CN1CC(F)(F)C1C(F)F. The van der Waals surface area contributed by atoms with Crippen LogP contribution in [0.4, 0.5) is 17.6 Å². The maximum absolute atomic E-state index is 12.2. The Kier molecular flexibility index (Phi) is 1.62. The highest BCUT2D eigenvalue weighted by Crippen LogP contribution is 2.36. The molecule has 0 aliphatic carbocycles. The zero-order valence-electron chi connectivity index (χ0n) is 5.32. The van der Waals surface area contributed by atoms with Gasteiger partial charge in [0, 0.05) is 0 Å². The molecule has 10 heavy (non-hydrogen) atoms. The molecular weight excluding hydrogens is 150 g/mol. The van der Waals surface area contributed by atoms with Gasteiger partial charge in [0.05, 0.1) is 6.54 Å². The molecule has 1 aliphatic heterocycles. The van der Waals surface area contributed by atoms with E-state index in [4.69, 9.17) is 0 Å². The van der Waals surface area contributed by atoms with Crippen molar-refractivity contribution in [3.05, 3.63) is 0 Å². The number of rotatable bonds is 1. The molecule has 0 radical (unpaired) electrons. The lowest BCUT2D eigenvalue weighted by Crippen LogP contribution is -2.66. The summed E-state index contributed by atoms with van der Waals surface area (Å²) in [4.78, 5) is 0.949. The Morgan fingerprint density at radius 3 is 2.10 bits per heavy atom. The third-order valence-electron chi connectivity index (χ3n) is 1.61. The Bertz CT molecular complexity index is 131. The van der Waals surface area contributed by atoms with Crippen LogP contribution in [-0.4, -0.2) is 36.9 Å². The molecule has 1 heterocycles. The van der Waals surface area contributed by atoms with Gasteiger partial charge in [0.2, 0.25) is 0 Å². The summed E-state index contributed by atoms with van der Waals surface area (Å²) in [7, 11) is 1.26. The molecule has 60 valence electrons. The minimum Gasteiger partial charge on any atom is -0.287 e. The van der Waals surface area contributed by atoms with Crippen LogP contribution in [0.5, 0.6) is 0 Å². The molecule has 0 aromatic rings. The molecule has 0 aromatic carbocycles. The maximum atomic E-state index is 12.2. The van der Waals surface area contributed by atoms with E-state index in [1.165, 1.54) is 7.05 Å². The largest absolute Gasteiger partial charge is 0.287 e. The Hall–Kier alpha value is -0.320. The van der Waals surface area contributed by atoms with Gasteiger partial charge >= 0.3 is 0 Å². The van der Waals surface area contributed by atoms with Crippen molar-refractivity contribution in [3.63, 3.8) is 0 Å². The smallest absolute Gasteiger partial charge is 0.281 e. The van der Waals surface area contributed by atoms with Gasteiger partial charge in [-0.2, -0.15) is 0 Å². The van der Waals surface area contributed by atoms with E-state index in [-0.39, 0.29) is 0 Å². The first-order valence-electron chi connectivity index (χ1n) is 2.81. The summed E-state index contributed by atoms with van der Waals surface area (Å²) in [6.07, 6.45) is -2.95. The van der Waals surface area contributed by atoms with E-state index in [0.29, 0.717) is 0 Å². The molecule has 1 atom stereocenters. The van der Waals surface area contributed by atoms with Crippen molar-refractivity contribution in [1.29, 1.82) is 0 Å². The Balaban J connectivity index is 2.57. The molecule has 5 heteroatoms. The number of halogens is 4. The van der Waals surface area contributed by atoms with Gasteiger partial charge in [0.1, 0.15) is 6.04 Å². The Morgan fingerprint density at radius 1 is 1.50 bits per heavy atom. The van der Waals surface area contributed by atoms with Gasteiger partial charge in [-0.3, -0.25) is 4.90 Å². The van der Waals surface area contributed by atoms with Gasteiger partial charge in [0.25, 0.3) is 12.3 Å². The van der Waals surface area contributed by atoms with Crippen LogP contribution in [0.3, 0.4) is 0 Å². The molecule has 1 nitrogen and oxygen atoms in total. The lowest BCUT2D eigenvalue weighted by molar-refractivity contribution is -0.213. The van der Waals surface area contributed by atoms with Crippen LogP contribution in [-0.2, 0) is 0 Å². The van der Waals surface area contributed by atoms with E-state index in [1.807, 2.05) is 0 Å². The number of likely N-dealkylation sites (tertiary alicyclic amines) is 1. The number of alkyl halides is 4. The van der Waals surface area contributed by atoms with Crippen molar-refractivity contribution in [2.75, 3.05) is 13.6 Å². The zero-order valence-corrected chi connectivity index (χ0v) is 5.32. The highest BCUT2D eigenvalue weighted by molar-refractivity contribution is 4.98. The first-order chi connectivity index (χ1) is 4.45. The van der Waals surface area contributed by atoms with E-state index >= 15 is 0 Å². The second kappa shape index (κ2) is 2.08. The number of hydrogen-bond donors (Lipinski definition) is 0. The van der Waals surface area contributed by atoms with Crippen LogP contribution in [0.15, 0.2) is 0 Å². The minimum absolute atomic E-state index is 0.554. The second-order valence-corrected chi connectivity index (χ2v) is 2.46. The standard InChI is InChI=1S/C5H7F4N/c1-10-2-5(8,9)3(10)4(6)7/h3-4H,2H2,1H3. The fraction of sp³-hybridized carbons (Fsp3) is 1.00. The number of hydrogen-bond acceptors (Lipinski definition) is 1. The van der Waals surface area contributed by atoms with Crippen LogP contribution < -0.4 is 0 Å².